The molecule has 0 atom stereocenters. The minimum Gasteiger partial charge on any atom is -0.378 e. The standard InChI is InChI=1S/C25H27N5O2S/c1-17-25(2,3)23-16-20(10-15-24(23)26-17)29-33(31,32)22-13-8-19(9-14-22)28-27-18-6-11-21(12-7-18)30(4)5/h6-16,29H,1-5H3. The van der Waals surface area contributed by atoms with Crippen LogP contribution in [0.2, 0.25) is 0 Å². The van der Waals surface area contributed by atoms with E-state index in [0.29, 0.717) is 11.4 Å². The van der Waals surface area contributed by atoms with Crippen LogP contribution in [0.5, 0.6) is 0 Å². The molecule has 33 heavy (non-hydrogen) atoms. The fourth-order valence-corrected chi connectivity index (χ4v) is 4.60. The molecular formula is C25H27N5O2S. The topological polar surface area (TPSA) is 86.5 Å². The molecule has 7 nitrogen and oxygen atoms in total. The molecule has 0 radical (unpaired) electrons. The van der Waals surface area contributed by atoms with Crippen LogP contribution in [0.1, 0.15) is 26.3 Å². The van der Waals surface area contributed by atoms with Gasteiger partial charge < -0.3 is 4.90 Å². The lowest BCUT2D eigenvalue weighted by Gasteiger charge is -2.20. The van der Waals surface area contributed by atoms with E-state index in [9.17, 15) is 8.42 Å². The summed E-state index contributed by atoms with van der Waals surface area (Å²) < 4.78 is 28.5. The quantitative estimate of drug-likeness (QED) is 0.434. The van der Waals surface area contributed by atoms with Gasteiger partial charge in [0, 0.05) is 36.6 Å². The molecule has 0 aromatic heterocycles. The number of sulfonamides is 1. The lowest BCUT2D eigenvalue weighted by atomic mass is 9.82. The maximum Gasteiger partial charge on any atom is 0.261 e. The van der Waals surface area contributed by atoms with Crippen molar-refractivity contribution in [2.24, 2.45) is 15.2 Å². The van der Waals surface area contributed by atoms with Gasteiger partial charge in [0.2, 0.25) is 0 Å². The highest BCUT2D eigenvalue weighted by atomic mass is 32.2. The number of benzene rings is 3. The summed E-state index contributed by atoms with van der Waals surface area (Å²) in [6.45, 7) is 6.15. The fraction of sp³-hybridized carbons (Fsp3) is 0.240. The number of hydrogen-bond acceptors (Lipinski definition) is 6. The van der Waals surface area contributed by atoms with Crippen molar-refractivity contribution in [3.8, 4) is 0 Å². The lowest BCUT2D eigenvalue weighted by Crippen LogP contribution is -2.23. The van der Waals surface area contributed by atoms with Gasteiger partial charge in [0.1, 0.15) is 0 Å². The molecule has 3 aromatic rings. The Labute approximate surface area is 195 Å². The summed E-state index contributed by atoms with van der Waals surface area (Å²) in [7, 11) is 0.205. The third-order valence-corrected chi connectivity index (χ3v) is 7.31. The van der Waals surface area contributed by atoms with E-state index >= 15 is 0 Å². The molecule has 0 spiro atoms. The number of aliphatic imine (C=N–C) groups is 1. The van der Waals surface area contributed by atoms with Crippen LogP contribution in [0.15, 0.2) is 86.8 Å². The van der Waals surface area contributed by atoms with Crippen LogP contribution in [0.3, 0.4) is 0 Å². The van der Waals surface area contributed by atoms with Crippen LogP contribution in [0.25, 0.3) is 0 Å². The molecule has 1 heterocycles. The van der Waals surface area contributed by atoms with Crippen LogP contribution < -0.4 is 9.62 Å². The van der Waals surface area contributed by atoms with Crippen LogP contribution in [-0.4, -0.2) is 28.2 Å². The summed E-state index contributed by atoms with van der Waals surface area (Å²) in [6, 6.07) is 19.4. The van der Waals surface area contributed by atoms with Crippen LogP contribution >= 0.6 is 0 Å². The molecule has 0 amide bonds. The van der Waals surface area contributed by atoms with Gasteiger partial charge in [-0.15, -0.1) is 0 Å². The van der Waals surface area contributed by atoms with Gasteiger partial charge in [-0.05, 0) is 79.2 Å². The normalized spacial score (nSPS) is 14.8. The van der Waals surface area contributed by atoms with Crippen LogP contribution in [-0.2, 0) is 15.4 Å². The Morgan fingerprint density at radius 3 is 2.03 bits per heavy atom. The Morgan fingerprint density at radius 1 is 0.879 bits per heavy atom. The van der Waals surface area contributed by atoms with Crippen molar-refractivity contribution in [1.82, 2.24) is 0 Å². The van der Waals surface area contributed by atoms with Gasteiger partial charge in [-0.25, -0.2) is 8.42 Å². The molecule has 1 aliphatic heterocycles. The molecule has 4 rings (SSSR count). The molecule has 8 heteroatoms. The number of fused-ring (bicyclic) bond motifs is 1. The van der Waals surface area contributed by atoms with E-state index in [2.05, 4.69) is 33.8 Å². The number of nitrogens with zero attached hydrogens (tertiary/aromatic N) is 4. The highest BCUT2D eigenvalue weighted by Crippen LogP contribution is 2.41. The number of hydrogen-bond donors (Lipinski definition) is 1. The minimum atomic E-state index is -3.74. The van der Waals surface area contributed by atoms with E-state index in [4.69, 9.17) is 0 Å². The largest absolute Gasteiger partial charge is 0.378 e. The molecule has 170 valence electrons. The van der Waals surface area contributed by atoms with E-state index < -0.39 is 10.0 Å². The Bertz CT molecular complexity index is 1340. The molecular weight excluding hydrogens is 434 g/mol. The predicted molar refractivity (Wildman–Crippen MR) is 134 cm³/mol. The van der Waals surface area contributed by atoms with Crippen molar-refractivity contribution >= 4 is 44.2 Å². The van der Waals surface area contributed by atoms with Gasteiger partial charge in [0.25, 0.3) is 10.0 Å². The molecule has 0 fully saturated rings. The average molecular weight is 462 g/mol. The lowest BCUT2D eigenvalue weighted by molar-refractivity contribution is 0.601. The van der Waals surface area contributed by atoms with Crippen molar-refractivity contribution in [1.29, 1.82) is 0 Å². The van der Waals surface area contributed by atoms with E-state index in [0.717, 1.165) is 28.3 Å². The molecule has 1 N–H and O–H groups in total. The second-order valence-corrected chi connectivity index (χ2v) is 10.4. The van der Waals surface area contributed by atoms with E-state index in [-0.39, 0.29) is 10.3 Å². The minimum absolute atomic E-state index is 0.156. The van der Waals surface area contributed by atoms with Gasteiger partial charge in [-0.2, -0.15) is 10.2 Å². The molecule has 0 aliphatic carbocycles. The second-order valence-electron chi connectivity index (χ2n) is 8.76. The van der Waals surface area contributed by atoms with Crippen LogP contribution in [0, 0.1) is 0 Å². The van der Waals surface area contributed by atoms with E-state index in [1.165, 1.54) is 12.1 Å². The molecule has 1 aliphatic rings. The Kier molecular flexibility index (Phi) is 5.80. The van der Waals surface area contributed by atoms with E-state index in [1.54, 1.807) is 18.2 Å². The summed E-state index contributed by atoms with van der Waals surface area (Å²) in [6.07, 6.45) is 0. The second kappa shape index (κ2) is 8.44. The van der Waals surface area contributed by atoms with Crippen molar-refractivity contribution in [3.05, 3.63) is 72.3 Å². The third kappa shape index (κ3) is 4.66. The first kappa shape index (κ1) is 22.7. The first-order valence-electron chi connectivity index (χ1n) is 10.6. The smallest absolute Gasteiger partial charge is 0.261 e. The third-order valence-electron chi connectivity index (χ3n) is 5.91. The first-order valence-corrected chi connectivity index (χ1v) is 12.1. The highest BCUT2D eigenvalue weighted by Gasteiger charge is 2.32. The highest BCUT2D eigenvalue weighted by molar-refractivity contribution is 7.92. The first-order chi connectivity index (χ1) is 15.6. The van der Waals surface area contributed by atoms with Crippen LogP contribution in [0.4, 0.5) is 28.4 Å². The Balaban J connectivity index is 1.48. The zero-order valence-corrected chi connectivity index (χ0v) is 20.2. The summed E-state index contributed by atoms with van der Waals surface area (Å²) in [4.78, 5) is 6.74. The predicted octanol–water partition coefficient (Wildman–Crippen LogP) is 6.35. The fourth-order valence-electron chi connectivity index (χ4n) is 3.55. The average Bonchev–Trinajstić information content (AvgIpc) is 3.01. The number of anilines is 2. The molecule has 0 bridgehead atoms. The van der Waals surface area contributed by atoms with Gasteiger partial charge in [0.05, 0.1) is 22.0 Å². The summed E-state index contributed by atoms with van der Waals surface area (Å²) in [5.41, 5.74) is 5.55. The SMILES string of the molecule is CC1=Nc2ccc(NS(=O)(=O)c3ccc(N=Nc4ccc(N(C)C)cc4)cc3)cc2C1(C)C. The molecule has 0 saturated carbocycles. The van der Waals surface area contributed by atoms with Crippen molar-refractivity contribution in [3.63, 3.8) is 0 Å². The zero-order chi connectivity index (χ0) is 23.8. The number of azo groups is 1. The Hall–Kier alpha value is -3.52. The van der Waals surface area contributed by atoms with Crippen molar-refractivity contribution in [2.45, 2.75) is 31.1 Å². The molecule has 0 unspecified atom stereocenters. The summed E-state index contributed by atoms with van der Waals surface area (Å²) in [5, 5.41) is 8.42. The monoisotopic (exact) mass is 461 g/mol. The number of nitrogens with one attached hydrogen (secondary N) is 1. The van der Waals surface area contributed by atoms with E-state index in [1.807, 2.05) is 62.3 Å². The maximum atomic E-state index is 12.9. The maximum absolute atomic E-state index is 12.9. The van der Waals surface area contributed by atoms with Gasteiger partial charge >= 0.3 is 0 Å². The van der Waals surface area contributed by atoms with Crippen molar-refractivity contribution < 1.29 is 8.42 Å². The van der Waals surface area contributed by atoms with Gasteiger partial charge in [-0.1, -0.05) is 13.8 Å². The van der Waals surface area contributed by atoms with Crippen molar-refractivity contribution in [2.75, 3.05) is 23.7 Å². The van der Waals surface area contributed by atoms with Gasteiger partial charge in [0.15, 0.2) is 0 Å². The Morgan fingerprint density at radius 2 is 1.45 bits per heavy atom. The summed E-state index contributed by atoms with van der Waals surface area (Å²) >= 11 is 0. The van der Waals surface area contributed by atoms with Gasteiger partial charge in [-0.3, -0.25) is 9.71 Å². The number of rotatable bonds is 6. The zero-order valence-electron chi connectivity index (χ0n) is 19.4. The summed E-state index contributed by atoms with van der Waals surface area (Å²) in [5.74, 6) is 0. The molecule has 0 saturated heterocycles. The molecule has 3 aromatic carbocycles.